The maximum atomic E-state index is 12.0. The maximum Gasteiger partial charge on any atom is 0.363 e. The van der Waals surface area contributed by atoms with Gasteiger partial charge in [0.15, 0.2) is 5.70 Å². The minimum absolute atomic E-state index is 0.236. The topological polar surface area (TPSA) is 47.9 Å². The van der Waals surface area contributed by atoms with Gasteiger partial charge in [-0.05, 0) is 55.2 Å². The second-order valence-corrected chi connectivity index (χ2v) is 6.67. The number of carbonyl (C=O) groups is 1. The fourth-order valence-corrected chi connectivity index (χ4v) is 2.98. The quantitative estimate of drug-likeness (QED) is 0.286. The van der Waals surface area contributed by atoms with Crippen molar-refractivity contribution < 1.29 is 14.3 Å². The maximum absolute atomic E-state index is 12.0. The largest absolute Gasteiger partial charge is 0.462 e. The normalized spacial score (nSPS) is 18.9. The number of carbonyl (C=O) groups excluding carboxylic acids is 1. The van der Waals surface area contributed by atoms with Crippen LogP contribution in [0, 0.1) is 0 Å². The third kappa shape index (κ3) is 5.15. The molecular weight excluding hydrogens is 358 g/mol. The second-order valence-electron chi connectivity index (χ2n) is 5.69. The highest BCUT2D eigenvalue weighted by molar-refractivity contribution is 7.10. The second kappa shape index (κ2) is 8.96. The molecule has 4 nitrogen and oxygen atoms in total. The molecule has 1 aliphatic heterocycles. The van der Waals surface area contributed by atoms with Gasteiger partial charge in [-0.2, -0.15) is 0 Å². The van der Waals surface area contributed by atoms with Crippen LogP contribution in [-0.4, -0.2) is 11.9 Å². The first-order valence-electron chi connectivity index (χ1n) is 8.44. The molecule has 0 atom stereocenters. The smallest absolute Gasteiger partial charge is 0.363 e. The molecule has 0 fully saturated rings. The van der Waals surface area contributed by atoms with Crippen molar-refractivity contribution in [2.24, 2.45) is 4.99 Å². The lowest BCUT2D eigenvalue weighted by Crippen LogP contribution is -2.05. The first kappa shape index (κ1) is 18.6. The van der Waals surface area contributed by atoms with E-state index in [1.165, 1.54) is 11.3 Å². The molecule has 0 unspecified atom stereocenters. The van der Waals surface area contributed by atoms with Crippen LogP contribution < -0.4 is 0 Å². The van der Waals surface area contributed by atoms with E-state index in [4.69, 9.17) is 9.47 Å². The zero-order chi connectivity index (χ0) is 19.1. The molecule has 0 N–H and O–H groups in total. The van der Waals surface area contributed by atoms with Crippen molar-refractivity contribution >= 4 is 29.3 Å². The summed E-state index contributed by atoms with van der Waals surface area (Å²) in [5.41, 5.74) is 0.881. The van der Waals surface area contributed by atoms with E-state index in [-0.39, 0.29) is 11.6 Å². The van der Waals surface area contributed by atoms with Crippen LogP contribution in [0.25, 0.3) is 6.08 Å². The summed E-state index contributed by atoms with van der Waals surface area (Å²) >= 11 is 1.53. The molecule has 27 heavy (non-hydrogen) atoms. The third-order valence-electron chi connectivity index (χ3n) is 3.65. The van der Waals surface area contributed by atoms with E-state index in [0.717, 1.165) is 17.1 Å². The minimum atomic E-state index is -0.468. The molecule has 0 saturated carbocycles. The summed E-state index contributed by atoms with van der Waals surface area (Å²) in [4.78, 5) is 17.3. The Morgan fingerprint density at radius 2 is 2.26 bits per heavy atom. The van der Waals surface area contributed by atoms with Gasteiger partial charge in [-0.25, -0.2) is 9.79 Å². The highest BCUT2D eigenvalue weighted by atomic mass is 32.1. The van der Waals surface area contributed by atoms with Crippen LogP contribution in [0.1, 0.15) is 18.2 Å². The summed E-state index contributed by atoms with van der Waals surface area (Å²) in [6, 6.07) is 3.83. The Kier molecular flexibility index (Phi) is 6.18. The van der Waals surface area contributed by atoms with Gasteiger partial charge in [-0.1, -0.05) is 36.9 Å². The molecular formula is C22H19NO3S. The number of rotatable bonds is 6. The molecule has 0 amide bonds. The fraction of sp³-hybridized carbons (Fsp3) is 0.0909. The Labute approximate surface area is 162 Å². The summed E-state index contributed by atoms with van der Waals surface area (Å²) in [5.74, 6) is 1.25. The SMILES string of the molecule is C=C/C(=C\C=C(/C)OC1=CCC=CC=C1)C1=N/C(=C/c2cccs2)C(=O)O1. The molecule has 5 heteroatoms. The van der Waals surface area contributed by atoms with E-state index in [2.05, 4.69) is 17.6 Å². The van der Waals surface area contributed by atoms with Crippen LogP contribution in [0.4, 0.5) is 0 Å². The van der Waals surface area contributed by atoms with Crippen molar-refractivity contribution in [2.45, 2.75) is 13.3 Å². The van der Waals surface area contributed by atoms with Gasteiger partial charge in [-0.15, -0.1) is 11.3 Å². The van der Waals surface area contributed by atoms with Crippen LogP contribution in [0.5, 0.6) is 0 Å². The molecule has 0 bridgehead atoms. The molecule has 0 saturated heterocycles. The first-order valence-corrected chi connectivity index (χ1v) is 9.32. The third-order valence-corrected chi connectivity index (χ3v) is 4.47. The van der Waals surface area contributed by atoms with Gasteiger partial charge < -0.3 is 9.47 Å². The number of cyclic esters (lactones) is 1. The van der Waals surface area contributed by atoms with Crippen molar-refractivity contribution in [2.75, 3.05) is 0 Å². The number of hydrogen-bond acceptors (Lipinski definition) is 5. The highest BCUT2D eigenvalue weighted by Gasteiger charge is 2.24. The molecule has 1 aromatic heterocycles. The van der Waals surface area contributed by atoms with Gasteiger partial charge in [0.1, 0.15) is 11.5 Å². The zero-order valence-corrected chi connectivity index (χ0v) is 15.7. The van der Waals surface area contributed by atoms with Crippen molar-refractivity contribution in [3.63, 3.8) is 0 Å². The minimum Gasteiger partial charge on any atom is -0.462 e. The number of aliphatic imine (C=N–C) groups is 1. The van der Waals surface area contributed by atoms with Crippen LogP contribution >= 0.6 is 11.3 Å². The molecule has 0 radical (unpaired) electrons. The Balaban J connectivity index is 1.75. The summed E-state index contributed by atoms with van der Waals surface area (Å²) < 4.78 is 11.1. The standard InChI is InChI=1S/C22H19NO3S/c1-3-17(13-12-16(2)25-18-9-6-4-5-7-10-18)21-23-20(22(24)26-21)15-19-11-8-14-27-19/h3-6,8-15H,1,7H2,2H3/b16-12+,17-13+,20-15+. The summed E-state index contributed by atoms with van der Waals surface area (Å²) in [7, 11) is 0. The lowest BCUT2D eigenvalue weighted by molar-refractivity contribution is -0.129. The molecule has 1 aromatic rings. The van der Waals surface area contributed by atoms with Crippen LogP contribution in [0.15, 0.2) is 100 Å². The molecule has 136 valence electrons. The van der Waals surface area contributed by atoms with Crippen molar-refractivity contribution in [3.8, 4) is 0 Å². The predicted molar refractivity (Wildman–Crippen MR) is 110 cm³/mol. The van der Waals surface area contributed by atoms with Gasteiger partial charge in [0.25, 0.3) is 0 Å². The van der Waals surface area contributed by atoms with Gasteiger partial charge in [0.05, 0.1) is 0 Å². The van der Waals surface area contributed by atoms with E-state index in [1.807, 2.05) is 48.7 Å². The van der Waals surface area contributed by atoms with Crippen molar-refractivity contribution in [3.05, 3.63) is 100 Å². The highest BCUT2D eigenvalue weighted by Crippen LogP contribution is 2.21. The van der Waals surface area contributed by atoms with Gasteiger partial charge in [0, 0.05) is 10.5 Å². The number of nitrogens with zero attached hydrogens (tertiary/aromatic N) is 1. The number of esters is 1. The van der Waals surface area contributed by atoms with Crippen molar-refractivity contribution in [1.82, 2.24) is 0 Å². The molecule has 1 aliphatic carbocycles. The summed E-state index contributed by atoms with van der Waals surface area (Å²) in [5, 5.41) is 1.94. The molecule has 0 spiro atoms. The van der Waals surface area contributed by atoms with Crippen LogP contribution in [0.3, 0.4) is 0 Å². The number of hydrogen-bond donors (Lipinski definition) is 0. The van der Waals surface area contributed by atoms with Gasteiger partial charge in [0.2, 0.25) is 5.90 Å². The predicted octanol–water partition coefficient (Wildman–Crippen LogP) is 5.48. The van der Waals surface area contributed by atoms with E-state index in [1.54, 1.807) is 24.3 Å². The number of allylic oxidation sites excluding steroid dienone is 8. The van der Waals surface area contributed by atoms with E-state index >= 15 is 0 Å². The molecule has 2 heterocycles. The Morgan fingerprint density at radius 1 is 1.37 bits per heavy atom. The van der Waals surface area contributed by atoms with Crippen molar-refractivity contribution in [1.29, 1.82) is 0 Å². The average Bonchev–Trinajstić information content (AvgIpc) is 3.21. The fourth-order valence-electron chi connectivity index (χ4n) is 2.33. The summed E-state index contributed by atoms with van der Waals surface area (Å²) in [6.07, 6.45) is 17.6. The first-order chi connectivity index (χ1) is 13.2. The number of ether oxygens (including phenoxy) is 2. The zero-order valence-electron chi connectivity index (χ0n) is 14.9. The lowest BCUT2D eigenvalue weighted by Gasteiger charge is -2.05. The number of thiophene rings is 1. The van der Waals surface area contributed by atoms with Crippen LogP contribution in [-0.2, 0) is 14.3 Å². The Bertz CT molecular complexity index is 938. The van der Waals surface area contributed by atoms with Crippen LogP contribution in [0.2, 0.25) is 0 Å². The monoisotopic (exact) mass is 377 g/mol. The molecule has 0 aromatic carbocycles. The molecule has 3 rings (SSSR count). The lowest BCUT2D eigenvalue weighted by atomic mass is 10.2. The average molecular weight is 377 g/mol. The van der Waals surface area contributed by atoms with E-state index in [9.17, 15) is 4.79 Å². The summed E-state index contributed by atoms with van der Waals surface area (Å²) in [6.45, 7) is 5.63. The Morgan fingerprint density at radius 3 is 3.04 bits per heavy atom. The van der Waals surface area contributed by atoms with E-state index in [0.29, 0.717) is 11.3 Å². The van der Waals surface area contributed by atoms with Gasteiger partial charge >= 0.3 is 5.97 Å². The molecule has 2 aliphatic rings. The Hall–Kier alpha value is -3.18. The van der Waals surface area contributed by atoms with E-state index < -0.39 is 5.97 Å². The van der Waals surface area contributed by atoms with Gasteiger partial charge in [-0.3, -0.25) is 0 Å².